The van der Waals surface area contributed by atoms with Crippen LogP contribution in [0.3, 0.4) is 0 Å². The molecule has 0 spiro atoms. The second kappa shape index (κ2) is 2.35. The van der Waals surface area contributed by atoms with Gasteiger partial charge < -0.3 is 10.4 Å². The van der Waals surface area contributed by atoms with Gasteiger partial charge in [0.2, 0.25) is 5.91 Å². The number of carbonyl (C=O) groups excluding carboxylic acids is 1. The van der Waals surface area contributed by atoms with Crippen LogP contribution in [-0.2, 0) is 4.79 Å². The highest BCUT2D eigenvalue weighted by Crippen LogP contribution is 2.10. The summed E-state index contributed by atoms with van der Waals surface area (Å²) in [5, 5.41) is 11.6. The molecule has 0 bridgehead atoms. The summed E-state index contributed by atoms with van der Waals surface area (Å²) in [6.45, 7) is 2.58. The third-order valence-electron chi connectivity index (χ3n) is 1.71. The first kappa shape index (κ1) is 6.55. The number of carbonyl (C=O) groups is 1. The van der Waals surface area contributed by atoms with Gasteiger partial charge in [-0.1, -0.05) is 6.92 Å². The van der Waals surface area contributed by atoms with Crippen molar-refractivity contribution in [3.8, 4) is 0 Å². The van der Waals surface area contributed by atoms with Crippen LogP contribution in [-0.4, -0.2) is 23.7 Å². The highest BCUT2D eigenvalue weighted by atomic mass is 16.3. The molecule has 1 fully saturated rings. The molecule has 0 aromatic heterocycles. The van der Waals surface area contributed by atoms with Crippen molar-refractivity contribution in [3.63, 3.8) is 0 Å². The van der Waals surface area contributed by atoms with Crippen molar-refractivity contribution in [2.75, 3.05) is 6.54 Å². The van der Waals surface area contributed by atoms with Crippen LogP contribution >= 0.6 is 0 Å². The van der Waals surface area contributed by atoms with Gasteiger partial charge in [0, 0.05) is 6.54 Å². The van der Waals surface area contributed by atoms with E-state index >= 15 is 0 Å². The predicted octanol–water partition coefficient (Wildman–Crippen LogP) is -0.497. The van der Waals surface area contributed by atoms with Gasteiger partial charge in [0.1, 0.15) is 6.10 Å². The molecule has 1 heterocycles. The average Bonchev–Trinajstić information content (AvgIpc) is 1.83. The first-order chi connectivity index (χ1) is 4.22. The van der Waals surface area contributed by atoms with E-state index in [9.17, 15) is 4.79 Å². The Bertz CT molecular complexity index is 124. The van der Waals surface area contributed by atoms with Gasteiger partial charge in [0.25, 0.3) is 0 Å². The summed E-state index contributed by atoms with van der Waals surface area (Å²) >= 11 is 0. The van der Waals surface area contributed by atoms with Crippen LogP contribution in [0.1, 0.15) is 13.3 Å². The third kappa shape index (κ3) is 1.21. The highest BCUT2D eigenvalue weighted by molar-refractivity contribution is 5.81. The molecule has 1 saturated heterocycles. The molecule has 2 unspecified atom stereocenters. The third-order valence-corrected chi connectivity index (χ3v) is 1.71. The molecule has 1 aliphatic rings. The van der Waals surface area contributed by atoms with E-state index in [1.165, 1.54) is 0 Å². The predicted molar refractivity (Wildman–Crippen MR) is 32.8 cm³/mol. The number of aliphatic hydroxyl groups is 1. The first-order valence-electron chi connectivity index (χ1n) is 3.17. The van der Waals surface area contributed by atoms with Crippen LogP contribution in [0.4, 0.5) is 0 Å². The normalized spacial score (nSPS) is 36.0. The van der Waals surface area contributed by atoms with E-state index in [-0.39, 0.29) is 11.8 Å². The van der Waals surface area contributed by atoms with Crippen molar-refractivity contribution in [1.29, 1.82) is 0 Å². The SMILES string of the molecule is CC1CCNC(=O)C1O. The Morgan fingerprint density at radius 2 is 2.44 bits per heavy atom. The maximum Gasteiger partial charge on any atom is 0.249 e. The number of nitrogens with one attached hydrogen (secondary N) is 1. The lowest BCUT2D eigenvalue weighted by molar-refractivity contribution is -0.134. The molecular weight excluding hydrogens is 118 g/mol. The molecule has 1 rings (SSSR count). The van der Waals surface area contributed by atoms with Gasteiger partial charge in [-0.25, -0.2) is 0 Å². The highest BCUT2D eigenvalue weighted by Gasteiger charge is 2.25. The zero-order valence-corrected chi connectivity index (χ0v) is 5.42. The standard InChI is InChI=1S/C6H11NO2/c1-4-2-3-7-6(9)5(4)8/h4-5,8H,2-3H2,1H3,(H,7,9). The van der Waals surface area contributed by atoms with E-state index in [0.29, 0.717) is 6.54 Å². The van der Waals surface area contributed by atoms with Crippen molar-refractivity contribution >= 4 is 5.91 Å². The Balaban J connectivity index is 2.51. The van der Waals surface area contributed by atoms with Crippen LogP contribution < -0.4 is 5.32 Å². The molecule has 0 saturated carbocycles. The number of amides is 1. The van der Waals surface area contributed by atoms with Gasteiger partial charge in [-0.05, 0) is 12.3 Å². The van der Waals surface area contributed by atoms with Crippen molar-refractivity contribution in [1.82, 2.24) is 5.32 Å². The van der Waals surface area contributed by atoms with E-state index in [4.69, 9.17) is 5.11 Å². The molecule has 9 heavy (non-hydrogen) atoms. The van der Waals surface area contributed by atoms with E-state index < -0.39 is 6.10 Å². The molecule has 0 aliphatic carbocycles. The average molecular weight is 129 g/mol. The Morgan fingerprint density at radius 1 is 1.78 bits per heavy atom. The van der Waals surface area contributed by atoms with Crippen molar-refractivity contribution < 1.29 is 9.90 Å². The summed E-state index contributed by atoms with van der Waals surface area (Å²) in [6.07, 6.45) is 0.103. The van der Waals surface area contributed by atoms with Gasteiger partial charge in [-0.15, -0.1) is 0 Å². The van der Waals surface area contributed by atoms with E-state index in [1.54, 1.807) is 0 Å². The fraction of sp³-hybridized carbons (Fsp3) is 0.833. The van der Waals surface area contributed by atoms with Crippen molar-refractivity contribution in [2.45, 2.75) is 19.4 Å². The molecule has 52 valence electrons. The van der Waals surface area contributed by atoms with E-state index in [2.05, 4.69) is 5.32 Å². The Hall–Kier alpha value is -0.570. The zero-order chi connectivity index (χ0) is 6.85. The molecule has 0 radical (unpaired) electrons. The van der Waals surface area contributed by atoms with Gasteiger partial charge in [0.05, 0.1) is 0 Å². The molecule has 0 aromatic carbocycles. The van der Waals surface area contributed by atoms with Gasteiger partial charge in [-0.3, -0.25) is 4.79 Å². The lowest BCUT2D eigenvalue weighted by Gasteiger charge is -2.23. The summed E-state index contributed by atoms with van der Waals surface area (Å²) in [6, 6.07) is 0. The Kier molecular flexibility index (Phi) is 1.71. The van der Waals surface area contributed by atoms with E-state index in [1.807, 2.05) is 6.92 Å². The molecular formula is C6H11NO2. The number of piperidine rings is 1. The fourth-order valence-corrected chi connectivity index (χ4v) is 0.944. The molecule has 1 amide bonds. The zero-order valence-electron chi connectivity index (χ0n) is 5.42. The Labute approximate surface area is 54.1 Å². The monoisotopic (exact) mass is 129 g/mol. The second-order valence-corrected chi connectivity index (χ2v) is 2.50. The molecule has 1 aliphatic heterocycles. The summed E-state index contributed by atoms with van der Waals surface area (Å²) in [5.74, 6) is -0.104. The summed E-state index contributed by atoms with van der Waals surface area (Å²) < 4.78 is 0. The van der Waals surface area contributed by atoms with Crippen LogP contribution in [0.15, 0.2) is 0 Å². The van der Waals surface area contributed by atoms with Crippen LogP contribution in [0, 0.1) is 5.92 Å². The minimum absolute atomic E-state index is 0.124. The summed E-state index contributed by atoms with van der Waals surface area (Å²) in [7, 11) is 0. The smallest absolute Gasteiger partial charge is 0.249 e. The lowest BCUT2D eigenvalue weighted by atomic mass is 9.97. The molecule has 0 aromatic rings. The fourth-order valence-electron chi connectivity index (χ4n) is 0.944. The van der Waals surface area contributed by atoms with Gasteiger partial charge in [0.15, 0.2) is 0 Å². The van der Waals surface area contributed by atoms with Crippen molar-refractivity contribution in [3.05, 3.63) is 0 Å². The molecule has 3 nitrogen and oxygen atoms in total. The Morgan fingerprint density at radius 3 is 2.89 bits per heavy atom. The van der Waals surface area contributed by atoms with Crippen LogP contribution in [0.25, 0.3) is 0 Å². The maximum atomic E-state index is 10.6. The van der Waals surface area contributed by atoms with Gasteiger partial charge in [-0.2, -0.15) is 0 Å². The molecule has 3 heteroatoms. The largest absolute Gasteiger partial charge is 0.383 e. The summed E-state index contributed by atoms with van der Waals surface area (Å²) in [4.78, 5) is 10.6. The minimum atomic E-state index is -0.779. The van der Waals surface area contributed by atoms with E-state index in [0.717, 1.165) is 6.42 Å². The quantitative estimate of drug-likeness (QED) is 0.463. The minimum Gasteiger partial charge on any atom is -0.383 e. The molecule has 2 N–H and O–H groups in total. The number of hydrogen-bond donors (Lipinski definition) is 2. The molecule has 2 atom stereocenters. The van der Waals surface area contributed by atoms with Crippen LogP contribution in [0.5, 0.6) is 0 Å². The lowest BCUT2D eigenvalue weighted by Crippen LogP contribution is -2.44. The topological polar surface area (TPSA) is 49.3 Å². The maximum absolute atomic E-state index is 10.6. The van der Waals surface area contributed by atoms with Crippen molar-refractivity contribution in [2.24, 2.45) is 5.92 Å². The number of hydrogen-bond acceptors (Lipinski definition) is 2. The van der Waals surface area contributed by atoms with Gasteiger partial charge >= 0.3 is 0 Å². The number of rotatable bonds is 0. The first-order valence-corrected chi connectivity index (χ1v) is 3.17. The number of aliphatic hydroxyl groups excluding tert-OH is 1. The second-order valence-electron chi connectivity index (χ2n) is 2.50. The van der Waals surface area contributed by atoms with Crippen LogP contribution in [0.2, 0.25) is 0 Å². The summed E-state index contributed by atoms with van der Waals surface area (Å²) in [5.41, 5.74) is 0.